The Morgan fingerprint density at radius 3 is 2.90 bits per heavy atom. The summed E-state index contributed by atoms with van der Waals surface area (Å²) in [4.78, 5) is 24.1. The summed E-state index contributed by atoms with van der Waals surface area (Å²) in [5.74, 6) is 0.297. The average Bonchev–Trinajstić information content (AvgIpc) is 2.46. The third-order valence-corrected chi connectivity index (χ3v) is 3.70. The van der Waals surface area contributed by atoms with Crippen LogP contribution in [0, 0.1) is 16.0 Å². The Bertz CT molecular complexity index is 529. The molecule has 2 rings (SSSR count). The van der Waals surface area contributed by atoms with Crippen molar-refractivity contribution in [3.05, 3.63) is 38.8 Å². The number of nitro groups is 1. The fourth-order valence-corrected chi connectivity index (χ4v) is 2.55. The molecule has 0 radical (unpaired) electrons. The molecule has 1 saturated heterocycles. The summed E-state index contributed by atoms with van der Waals surface area (Å²) in [5, 5.41) is 19.9. The van der Waals surface area contributed by atoms with Gasteiger partial charge in [0, 0.05) is 38.4 Å². The first-order chi connectivity index (χ1) is 9.60. The van der Waals surface area contributed by atoms with E-state index in [1.54, 1.807) is 0 Å². The van der Waals surface area contributed by atoms with Crippen molar-refractivity contribution in [2.24, 2.45) is 5.92 Å². The monoisotopic (exact) mass is 281 g/mol. The van der Waals surface area contributed by atoms with Crippen molar-refractivity contribution in [1.29, 1.82) is 0 Å². The van der Waals surface area contributed by atoms with Gasteiger partial charge in [-0.25, -0.2) is 0 Å². The first-order valence-electron chi connectivity index (χ1n) is 6.78. The van der Waals surface area contributed by atoms with Gasteiger partial charge in [0.2, 0.25) is 0 Å². The van der Waals surface area contributed by atoms with E-state index < -0.39 is 4.92 Å². The van der Waals surface area contributed by atoms with Gasteiger partial charge in [-0.2, -0.15) is 0 Å². The van der Waals surface area contributed by atoms with Gasteiger partial charge in [-0.05, 0) is 25.3 Å². The van der Waals surface area contributed by atoms with Crippen LogP contribution in [0.5, 0.6) is 0 Å². The van der Waals surface area contributed by atoms with Crippen LogP contribution in [0.2, 0.25) is 0 Å². The van der Waals surface area contributed by atoms with E-state index in [0.717, 1.165) is 25.9 Å². The average molecular weight is 281 g/mol. The Morgan fingerprint density at radius 2 is 2.20 bits per heavy atom. The molecule has 1 aromatic rings. The third-order valence-electron chi connectivity index (χ3n) is 3.70. The number of nitrogens with zero attached hydrogens (tertiary/aromatic N) is 3. The molecule has 7 nitrogen and oxygen atoms in total. The van der Waals surface area contributed by atoms with Gasteiger partial charge in [0.15, 0.2) is 0 Å². The lowest BCUT2D eigenvalue weighted by atomic mass is 9.99. The van der Waals surface area contributed by atoms with Crippen LogP contribution in [0.15, 0.2) is 23.1 Å². The largest absolute Gasteiger partial charge is 0.396 e. The Labute approximate surface area is 116 Å². The second kappa shape index (κ2) is 6.62. The maximum Gasteiger partial charge on any atom is 0.285 e. The molecule has 1 fully saturated rings. The number of hydrogen-bond donors (Lipinski definition) is 1. The maximum absolute atomic E-state index is 11.7. The van der Waals surface area contributed by atoms with E-state index in [-0.39, 0.29) is 17.9 Å². The fraction of sp³-hybridized carbons (Fsp3) is 0.615. The summed E-state index contributed by atoms with van der Waals surface area (Å²) >= 11 is 0. The fourth-order valence-electron chi connectivity index (χ4n) is 2.55. The molecule has 110 valence electrons. The molecule has 0 aromatic carbocycles. The Kier molecular flexibility index (Phi) is 4.86. The molecule has 1 unspecified atom stereocenters. The summed E-state index contributed by atoms with van der Waals surface area (Å²) in [5.41, 5.74) is -0.303. The number of piperidine rings is 1. The van der Waals surface area contributed by atoms with E-state index in [0.29, 0.717) is 19.0 Å². The van der Waals surface area contributed by atoms with Crippen LogP contribution < -0.4 is 5.56 Å². The van der Waals surface area contributed by atoms with Crippen molar-refractivity contribution in [3.8, 4) is 0 Å². The summed E-state index contributed by atoms with van der Waals surface area (Å²) in [7, 11) is 0. The highest BCUT2D eigenvalue weighted by Gasteiger charge is 2.19. The molecule has 0 aliphatic carbocycles. The van der Waals surface area contributed by atoms with E-state index in [1.807, 2.05) is 0 Å². The van der Waals surface area contributed by atoms with Crippen LogP contribution in [-0.2, 0) is 6.54 Å². The quantitative estimate of drug-likeness (QED) is 0.625. The molecule has 0 bridgehead atoms. The van der Waals surface area contributed by atoms with Gasteiger partial charge >= 0.3 is 0 Å². The number of aliphatic hydroxyl groups is 1. The van der Waals surface area contributed by atoms with Crippen LogP contribution in [0.25, 0.3) is 0 Å². The predicted molar refractivity (Wildman–Crippen MR) is 73.6 cm³/mol. The lowest BCUT2D eigenvalue weighted by Crippen LogP contribution is -2.39. The first kappa shape index (κ1) is 14.7. The van der Waals surface area contributed by atoms with Crippen LogP contribution in [-0.4, -0.2) is 45.7 Å². The molecular weight excluding hydrogens is 262 g/mol. The smallest absolute Gasteiger partial charge is 0.285 e. The van der Waals surface area contributed by atoms with E-state index in [4.69, 9.17) is 0 Å². The maximum atomic E-state index is 11.7. The number of aliphatic hydroxyl groups excluding tert-OH is 1. The lowest BCUT2D eigenvalue weighted by Gasteiger charge is -2.31. The minimum absolute atomic E-state index is 0.0727. The molecule has 2 heterocycles. The topological polar surface area (TPSA) is 88.6 Å². The number of pyridine rings is 1. The Hall–Kier alpha value is -1.73. The zero-order valence-corrected chi connectivity index (χ0v) is 11.3. The van der Waals surface area contributed by atoms with Gasteiger partial charge in [-0.1, -0.05) is 0 Å². The zero-order chi connectivity index (χ0) is 14.5. The van der Waals surface area contributed by atoms with Crippen LogP contribution in [0.3, 0.4) is 0 Å². The lowest BCUT2D eigenvalue weighted by molar-refractivity contribution is -0.385. The molecule has 1 aliphatic heterocycles. The molecule has 0 saturated carbocycles. The van der Waals surface area contributed by atoms with Crippen molar-refractivity contribution in [2.75, 3.05) is 26.2 Å². The van der Waals surface area contributed by atoms with Crippen molar-refractivity contribution in [1.82, 2.24) is 9.47 Å². The first-order valence-corrected chi connectivity index (χ1v) is 6.78. The summed E-state index contributed by atoms with van der Waals surface area (Å²) < 4.78 is 1.38. The molecule has 0 spiro atoms. The van der Waals surface area contributed by atoms with Crippen LogP contribution in [0.1, 0.15) is 12.8 Å². The number of aromatic nitrogens is 1. The van der Waals surface area contributed by atoms with Gasteiger partial charge in [-0.3, -0.25) is 14.9 Å². The number of hydrogen-bond acceptors (Lipinski definition) is 5. The normalized spacial score (nSPS) is 19.9. The van der Waals surface area contributed by atoms with Gasteiger partial charge in [0.1, 0.15) is 0 Å². The van der Waals surface area contributed by atoms with Gasteiger partial charge in [0.25, 0.3) is 11.2 Å². The second-order valence-electron chi connectivity index (χ2n) is 5.17. The van der Waals surface area contributed by atoms with Crippen molar-refractivity contribution in [2.45, 2.75) is 19.4 Å². The highest BCUT2D eigenvalue weighted by molar-refractivity contribution is 5.24. The summed E-state index contributed by atoms with van der Waals surface area (Å²) in [6.07, 6.45) is 3.36. The molecule has 1 N–H and O–H groups in total. The van der Waals surface area contributed by atoms with E-state index in [9.17, 15) is 20.0 Å². The highest BCUT2D eigenvalue weighted by atomic mass is 16.6. The highest BCUT2D eigenvalue weighted by Crippen LogP contribution is 2.15. The molecule has 7 heteroatoms. The molecule has 1 aliphatic rings. The zero-order valence-electron chi connectivity index (χ0n) is 11.3. The number of likely N-dealkylation sites (tertiary alicyclic amines) is 1. The Balaban J connectivity index is 1.98. The minimum Gasteiger partial charge on any atom is -0.396 e. The van der Waals surface area contributed by atoms with Crippen molar-refractivity contribution < 1.29 is 10.0 Å². The van der Waals surface area contributed by atoms with E-state index in [2.05, 4.69) is 4.90 Å². The number of rotatable bonds is 5. The molecular formula is C13H19N3O4. The molecule has 1 atom stereocenters. The summed E-state index contributed by atoms with van der Waals surface area (Å²) in [6.45, 7) is 3.05. The summed E-state index contributed by atoms with van der Waals surface area (Å²) in [6, 6.07) is 2.45. The molecule has 0 amide bonds. The Morgan fingerprint density at radius 1 is 1.40 bits per heavy atom. The van der Waals surface area contributed by atoms with Crippen LogP contribution in [0.4, 0.5) is 5.69 Å². The standard InChI is InChI=1S/C13H19N3O4/c17-10-11-2-1-5-14(8-11)6-7-15-9-12(16(19)20)3-4-13(15)18/h3-4,9,11,17H,1-2,5-8,10H2. The minimum atomic E-state index is -0.501. The van der Waals surface area contributed by atoms with Gasteiger partial charge in [-0.15, -0.1) is 0 Å². The van der Waals surface area contributed by atoms with Crippen molar-refractivity contribution in [3.63, 3.8) is 0 Å². The van der Waals surface area contributed by atoms with E-state index >= 15 is 0 Å². The van der Waals surface area contributed by atoms with Crippen LogP contribution >= 0.6 is 0 Å². The van der Waals surface area contributed by atoms with Gasteiger partial charge in [0.05, 0.1) is 11.1 Å². The van der Waals surface area contributed by atoms with E-state index in [1.165, 1.54) is 22.9 Å². The second-order valence-corrected chi connectivity index (χ2v) is 5.17. The molecule has 20 heavy (non-hydrogen) atoms. The predicted octanol–water partition coefficient (Wildman–Crippen LogP) is 0.461. The van der Waals surface area contributed by atoms with Gasteiger partial charge < -0.3 is 14.6 Å². The third kappa shape index (κ3) is 3.64. The SMILES string of the molecule is O=c1ccc([N+](=O)[O-])cn1CCN1CCCC(CO)C1. The van der Waals surface area contributed by atoms with Crippen molar-refractivity contribution >= 4 is 5.69 Å². The molecule has 1 aromatic heterocycles.